The first-order valence-electron chi connectivity index (χ1n) is 18.1. The number of hydrogen-bond donors (Lipinski definition) is 1. The Morgan fingerprint density at radius 3 is 2.04 bits per heavy atom. The molecule has 0 aromatic heterocycles. The number of nitrogens with one attached hydrogen (secondary N) is 1. The normalized spacial score (nSPS) is 10.7. The maximum atomic E-state index is 3.94. The summed E-state index contributed by atoms with van der Waals surface area (Å²) in [5.74, 6) is 6.45. The summed E-state index contributed by atoms with van der Waals surface area (Å²) in [5.41, 5.74) is 6.09. The molecule has 0 saturated heterocycles. The number of unbranched alkanes of at least 4 members (excludes halogenated alkanes) is 2. The van der Waals surface area contributed by atoms with Gasteiger partial charge in [0, 0.05) is 30.5 Å². The smallest absolute Gasteiger partial charge is 0.0374 e. The molecule has 0 saturated carbocycles. The summed E-state index contributed by atoms with van der Waals surface area (Å²) in [6.07, 6.45) is 19.7. The topological polar surface area (TPSA) is 36.8 Å². The molecule has 0 aliphatic carbocycles. The van der Waals surface area contributed by atoms with Crippen LogP contribution in [0.4, 0.5) is 0 Å². The van der Waals surface area contributed by atoms with E-state index in [1.54, 1.807) is 6.08 Å². The van der Waals surface area contributed by atoms with Gasteiger partial charge in [-0.1, -0.05) is 149 Å². The Labute approximate surface area is 284 Å². The monoisotopic (exact) mass is 624 g/mol. The van der Waals surface area contributed by atoms with Crippen LogP contribution in [0.2, 0.25) is 0 Å². The second kappa shape index (κ2) is 45.7. The lowest BCUT2D eigenvalue weighted by Gasteiger charge is -2.15. The molecule has 0 bridgehead atoms. The zero-order valence-corrected chi connectivity index (χ0v) is 32.7. The Morgan fingerprint density at radius 2 is 1.58 bits per heavy atom. The van der Waals surface area contributed by atoms with Crippen molar-refractivity contribution in [1.29, 1.82) is 0 Å². The lowest BCUT2D eigenvalue weighted by Crippen LogP contribution is -2.28. The quantitative estimate of drug-likeness (QED) is 0.0897. The van der Waals surface area contributed by atoms with Crippen LogP contribution in [0.1, 0.15) is 164 Å². The van der Waals surface area contributed by atoms with Crippen LogP contribution in [0, 0.1) is 18.8 Å². The van der Waals surface area contributed by atoms with Crippen LogP contribution in [0.15, 0.2) is 64.9 Å². The molecule has 0 heterocycles. The third-order valence-corrected chi connectivity index (χ3v) is 6.12. The number of aryl methyl sites for hydroxylation is 2. The third kappa shape index (κ3) is 39.3. The molecule has 0 spiro atoms. The Hall–Kier alpha value is -2.70. The standard InChI is InChI=1S/C18H24N2.C10H23N.C8H12.3C2H6/c1-5-6-7-11-18-13-12-17(14-15(18)2)10-8-9-16(3)20-19-4;1-4-7-9-10(8-5-2)11-6-3;1-4-6-7-8(3)5-2;3*1-2/h12-14H,4-6,8-10H2,1-3H3;10-11H,4-9H2,1-3H3;4-7H,1H2,2-3H3;3*1-2H3/b20-16+;;7-6-,8-5-;;;. The molecule has 0 fully saturated rings. The van der Waals surface area contributed by atoms with Gasteiger partial charge in [0.1, 0.15) is 0 Å². The highest BCUT2D eigenvalue weighted by molar-refractivity contribution is 5.81. The van der Waals surface area contributed by atoms with E-state index in [1.807, 2.05) is 67.5 Å². The summed E-state index contributed by atoms with van der Waals surface area (Å²) in [6.45, 7) is 37.1. The minimum Gasteiger partial charge on any atom is -0.314 e. The zero-order chi connectivity index (χ0) is 35.7. The lowest BCUT2D eigenvalue weighted by molar-refractivity contribution is 0.445. The van der Waals surface area contributed by atoms with E-state index in [1.165, 1.54) is 48.8 Å². The van der Waals surface area contributed by atoms with Crippen molar-refractivity contribution in [1.82, 2.24) is 5.32 Å². The van der Waals surface area contributed by atoms with Crippen LogP contribution in [0.25, 0.3) is 0 Å². The molecule has 1 unspecified atom stereocenters. The van der Waals surface area contributed by atoms with E-state index in [0.29, 0.717) is 0 Å². The molecule has 0 amide bonds. The van der Waals surface area contributed by atoms with Gasteiger partial charge in [0.15, 0.2) is 0 Å². The predicted molar refractivity (Wildman–Crippen MR) is 213 cm³/mol. The SMILES string of the molecule is C=C/C=C\C(C)=C/C.C=N/N=C(\C)CCCc1ccc(C#CCCC)c(C)c1.CC.CC.CC.CCCCC(CCC)NCC. The molecular weight excluding hydrogens is 546 g/mol. The molecule has 0 aliphatic rings. The summed E-state index contributed by atoms with van der Waals surface area (Å²) in [5, 5.41) is 11.0. The van der Waals surface area contributed by atoms with Gasteiger partial charge >= 0.3 is 0 Å². The summed E-state index contributed by atoms with van der Waals surface area (Å²) in [6, 6.07) is 7.35. The van der Waals surface area contributed by atoms with E-state index in [4.69, 9.17) is 0 Å². The average molecular weight is 624 g/mol. The second-order valence-corrected chi connectivity index (χ2v) is 9.84. The fourth-order valence-corrected chi connectivity index (χ4v) is 3.78. The van der Waals surface area contributed by atoms with Crippen molar-refractivity contribution < 1.29 is 0 Å². The van der Waals surface area contributed by atoms with Crippen LogP contribution in [-0.2, 0) is 6.42 Å². The highest BCUT2D eigenvalue weighted by Crippen LogP contribution is 2.13. The Morgan fingerprint density at radius 1 is 0.933 bits per heavy atom. The molecule has 1 aromatic carbocycles. The van der Waals surface area contributed by atoms with Gasteiger partial charge in [0.2, 0.25) is 0 Å². The largest absolute Gasteiger partial charge is 0.314 e. The Balaban J connectivity index is -0.000000180. The first-order valence-corrected chi connectivity index (χ1v) is 18.1. The van der Waals surface area contributed by atoms with E-state index in [-0.39, 0.29) is 0 Å². The number of rotatable bonds is 15. The minimum absolute atomic E-state index is 0.782. The van der Waals surface area contributed by atoms with Crippen LogP contribution in [-0.4, -0.2) is 25.0 Å². The van der Waals surface area contributed by atoms with Gasteiger partial charge in [-0.25, -0.2) is 0 Å². The van der Waals surface area contributed by atoms with Gasteiger partial charge in [-0.15, -0.1) is 0 Å². The van der Waals surface area contributed by atoms with E-state index in [9.17, 15) is 0 Å². The molecule has 0 radical (unpaired) electrons. The Kier molecular flexibility index (Phi) is 52.7. The molecule has 260 valence electrons. The summed E-state index contributed by atoms with van der Waals surface area (Å²) < 4.78 is 0. The van der Waals surface area contributed by atoms with Crippen molar-refractivity contribution in [3.05, 3.63) is 71.3 Å². The first-order chi connectivity index (χ1) is 21.8. The molecule has 45 heavy (non-hydrogen) atoms. The maximum Gasteiger partial charge on any atom is 0.0374 e. The summed E-state index contributed by atoms with van der Waals surface area (Å²) >= 11 is 0. The molecule has 1 rings (SSSR count). The molecule has 0 aliphatic heterocycles. The van der Waals surface area contributed by atoms with Gasteiger partial charge in [0.05, 0.1) is 0 Å². The summed E-state index contributed by atoms with van der Waals surface area (Å²) in [4.78, 5) is 0. The molecule has 1 atom stereocenters. The molecule has 1 aromatic rings. The third-order valence-electron chi connectivity index (χ3n) is 6.12. The second-order valence-electron chi connectivity index (χ2n) is 9.84. The van der Waals surface area contributed by atoms with Crippen LogP contribution < -0.4 is 5.32 Å². The van der Waals surface area contributed by atoms with Crippen LogP contribution in [0.5, 0.6) is 0 Å². The highest BCUT2D eigenvalue weighted by Gasteiger charge is 2.03. The number of hydrogen-bond acceptors (Lipinski definition) is 3. The van der Waals surface area contributed by atoms with Crippen molar-refractivity contribution in [2.24, 2.45) is 10.2 Å². The van der Waals surface area contributed by atoms with E-state index in [2.05, 4.69) is 106 Å². The van der Waals surface area contributed by atoms with E-state index < -0.39 is 0 Å². The van der Waals surface area contributed by atoms with Gasteiger partial charge in [-0.05, 0) is 90.0 Å². The maximum absolute atomic E-state index is 3.94. The molecule has 3 nitrogen and oxygen atoms in total. The average Bonchev–Trinajstić information content (AvgIpc) is 3.07. The van der Waals surface area contributed by atoms with Crippen molar-refractivity contribution in [3.63, 3.8) is 0 Å². The number of allylic oxidation sites excluding steroid dienone is 5. The summed E-state index contributed by atoms with van der Waals surface area (Å²) in [7, 11) is 0. The van der Waals surface area contributed by atoms with Gasteiger partial charge in [0.25, 0.3) is 0 Å². The van der Waals surface area contributed by atoms with Gasteiger partial charge < -0.3 is 5.32 Å². The van der Waals surface area contributed by atoms with Crippen molar-refractivity contribution >= 4 is 12.4 Å². The zero-order valence-electron chi connectivity index (χ0n) is 32.7. The molecule has 1 N–H and O–H groups in total. The molecule has 3 heteroatoms. The van der Waals surface area contributed by atoms with Crippen molar-refractivity contribution in [2.75, 3.05) is 6.54 Å². The first kappa shape index (κ1) is 51.9. The predicted octanol–water partition coefficient (Wildman–Crippen LogP) is 13.3. The lowest BCUT2D eigenvalue weighted by atomic mass is 10.0. The van der Waals surface area contributed by atoms with Gasteiger partial charge in [-0.3, -0.25) is 0 Å². The fraction of sp³-hybridized carbons (Fsp3) is 0.619. The molecular formula is C42H77N3. The van der Waals surface area contributed by atoms with Crippen molar-refractivity contribution in [3.8, 4) is 11.8 Å². The van der Waals surface area contributed by atoms with Crippen molar-refractivity contribution in [2.45, 2.75) is 167 Å². The number of nitrogens with zero attached hydrogens (tertiary/aromatic N) is 2. The van der Waals surface area contributed by atoms with Gasteiger partial charge in [-0.2, -0.15) is 10.2 Å². The van der Waals surface area contributed by atoms with Crippen LogP contribution >= 0.6 is 0 Å². The van der Waals surface area contributed by atoms with E-state index >= 15 is 0 Å². The fourth-order valence-electron chi connectivity index (χ4n) is 3.78. The highest BCUT2D eigenvalue weighted by atomic mass is 15.2. The Bertz CT molecular complexity index is 904. The minimum atomic E-state index is 0.782. The van der Waals surface area contributed by atoms with E-state index in [0.717, 1.165) is 56.0 Å². The number of benzene rings is 1. The van der Waals surface area contributed by atoms with Crippen LogP contribution in [0.3, 0.4) is 0 Å².